The molecule has 5 nitrogen and oxygen atoms in total. The van der Waals surface area contributed by atoms with Crippen molar-refractivity contribution in [2.75, 3.05) is 12.4 Å². The topological polar surface area (TPSA) is 69.7 Å². The lowest BCUT2D eigenvalue weighted by Gasteiger charge is -2.49. The number of fused-ring (bicyclic) bond motifs is 4. The van der Waals surface area contributed by atoms with E-state index in [1.807, 2.05) is 18.3 Å². The van der Waals surface area contributed by atoms with Gasteiger partial charge in [0, 0.05) is 35.7 Å². The minimum Gasteiger partial charge on any atom is -0.489 e. The Balaban J connectivity index is 1.69. The van der Waals surface area contributed by atoms with Gasteiger partial charge in [0.05, 0.1) is 23.7 Å². The first-order valence-corrected chi connectivity index (χ1v) is 10.4. The van der Waals surface area contributed by atoms with E-state index in [1.54, 1.807) is 18.0 Å². The number of rotatable bonds is 1. The molecule has 3 aliphatic rings. The van der Waals surface area contributed by atoms with Crippen LogP contribution in [0, 0.1) is 5.92 Å². The first-order valence-electron chi connectivity index (χ1n) is 9.09. The average Bonchev–Trinajstić information content (AvgIpc) is 3.04. The highest BCUT2D eigenvalue weighted by atomic mass is 35.5. The number of pyridine rings is 1. The first kappa shape index (κ1) is 17.3. The Morgan fingerprint density at radius 3 is 2.93 bits per heavy atom. The van der Waals surface area contributed by atoms with E-state index in [9.17, 15) is 0 Å². The number of aromatic nitrogens is 1. The van der Waals surface area contributed by atoms with E-state index < -0.39 is 5.54 Å². The smallest absolute Gasteiger partial charge is 0.154 e. The van der Waals surface area contributed by atoms with Crippen LogP contribution in [-0.2, 0) is 10.3 Å². The van der Waals surface area contributed by atoms with Gasteiger partial charge in [-0.05, 0) is 30.7 Å². The van der Waals surface area contributed by atoms with Crippen LogP contribution in [0.15, 0.2) is 41.7 Å². The largest absolute Gasteiger partial charge is 0.489 e. The number of hydrogen-bond donors (Lipinski definition) is 1. The lowest BCUT2D eigenvalue weighted by Crippen LogP contribution is -2.55. The monoisotopic (exact) mass is 401 g/mol. The summed E-state index contributed by atoms with van der Waals surface area (Å²) in [7, 11) is 0. The predicted octanol–water partition coefficient (Wildman–Crippen LogP) is 3.84. The molecule has 4 atom stereocenters. The standard InChI is InChI=1S/C20H20ClN3O2S/c1-11-18-17(4-5-25-11)26-16-3-2-12(13-6-14(21)9-23-8-13)7-15(16)20(18)10-27-19(22)24-20/h2-3,6-9,11,17-18H,4-5,10H2,1H3,(H2,22,24)/t11-,17?,18-,20+/m1/s1. The highest BCUT2D eigenvalue weighted by Crippen LogP contribution is 2.54. The minimum atomic E-state index is -0.422. The van der Waals surface area contributed by atoms with Gasteiger partial charge in [0.2, 0.25) is 0 Å². The van der Waals surface area contributed by atoms with Crippen LogP contribution in [0.5, 0.6) is 5.75 Å². The molecule has 1 saturated heterocycles. The van der Waals surface area contributed by atoms with Crippen molar-refractivity contribution in [2.24, 2.45) is 16.6 Å². The van der Waals surface area contributed by atoms with Gasteiger partial charge >= 0.3 is 0 Å². The summed E-state index contributed by atoms with van der Waals surface area (Å²) >= 11 is 7.75. The second kappa shape index (κ2) is 6.40. The first-order chi connectivity index (χ1) is 13.1. The Bertz CT molecular complexity index is 937. The zero-order valence-electron chi connectivity index (χ0n) is 14.9. The summed E-state index contributed by atoms with van der Waals surface area (Å²) in [6.07, 6.45) is 4.48. The fourth-order valence-electron chi connectivity index (χ4n) is 4.60. The Labute approximate surface area is 167 Å². The highest BCUT2D eigenvalue weighted by Gasteiger charge is 2.56. The molecule has 0 aliphatic carbocycles. The van der Waals surface area contributed by atoms with Crippen LogP contribution < -0.4 is 10.5 Å². The van der Waals surface area contributed by atoms with Crippen molar-refractivity contribution in [3.8, 4) is 16.9 Å². The Morgan fingerprint density at radius 2 is 2.15 bits per heavy atom. The molecule has 0 bridgehead atoms. The average molecular weight is 402 g/mol. The molecule has 140 valence electrons. The molecule has 2 N–H and O–H groups in total. The van der Waals surface area contributed by atoms with Crippen LogP contribution in [0.25, 0.3) is 11.1 Å². The highest BCUT2D eigenvalue weighted by molar-refractivity contribution is 8.14. The fraction of sp³-hybridized carbons (Fsp3) is 0.400. The summed E-state index contributed by atoms with van der Waals surface area (Å²) in [5.41, 5.74) is 8.80. The van der Waals surface area contributed by atoms with E-state index in [0.29, 0.717) is 16.8 Å². The Hall–Kier alpha value is -1.76. The Morgan fingerprint density at radius 1 is 1.26 bits per heavy atom. The molecule has 3 aliphatic heterocycles. The van der Waals surface area contributed by atoms with Gasteiger partial charge in [0.15, 0.2) is 5.17 Å². The number of ether oxygens (including phenoxy) is 2. The number of thioether (sulfide) groups is 1. The molecule has 1 spiro atoms. The predicted molar refractivity (Wildman–Crippen MR) is 108 cm³/mol. The summed E-state index contributed by atoms with van der Waals surface area (Å²) in [6.45, 7) is 2.83. The van der Waals surface area contributed by atoms with Crippen LogP contribution >= 0.6 is 23.4 Å². The SMILES string of the molecule is C[C@H]1OCCC2Oc3ccc(-c4cncc(Cl)c4)cc3[C@@]3(CSC(N)=N3)[C@@H]21. The van der Waals surface area contributed by atoms with Crippen LogP contribution in [-0.4, -0.2) is 34.7 Å². The van der Waals surface area contributed by atoms with E-state index in [1.165, 1.54) is 0 Å². The van der Waals surface area contributed by atoms with E-state index >= 15 is 0 Å². The molecule has 5 rings (SSSR count). The van der Waals surface area contributed by atoms with Crippen LogP contribution in [0.2, 0.25) is 5.02 Å². The molecule has 2 aromatic rings. The zero-order chi connectivity index (χ0) is 18.6. The van der Waals surface area contributed by atoms with Gasteiger partial charge in [-0.3, -0.25) is 4.98 Å². The van der Waals surface area contributed by atoms with Crippen molar-refractivity contribution in [3.63, 3.8) is 0 Å². The normalized spacial score (nSPS) is 31.8. The van der Waals surface area contributed by atoms with Crippen molar-refractivity contribution >= 4 is 28.5 Å². The maximum absolute atomic E-state index is 6.40. The Kier molecular flexibility index (Phi) is 4.11. The quantitative estimate of drug-likeness (QED) is 0.786. The second-order valence-electron chi connectivity index (χ2n) is 7.31. The molecular weight excluding hydrogens is 382 g/mol. The number of nitrogens with zero attached hydrogens (tertiary/aromatic N) is 2. The molecule has 1 aromatic carbocycles. The van der Waals surface area contributed by atoms with Crippen LogP contribution in [0.3, 0.4) is 0 Å². The van der Waals surface area contributed by atoms with Gasteiger partial charge in [-0.15, -0.1) is 0 Å². The number of aliphatic imine (C=N–C) groups is 1. The van der Waals surface area contributed by atoms with Crippen molar-refractivity contribution < 1.29 is 9.47 Å². The van der Waals surface area contributed by atoms with Crippen molar-refractivity contribution in [3.05, 3.63) is 47.2 Å². The zero-order valence-corrected chi connectivity index (χ0v) is 16.5. The molecule has 4 heterocycles. The molecule has 0 amide bonds. The van der Waals surface area contributed by atoms with Crippen molar-refractivity contribution in [2.45, 2.75) is 31.1 Å². The lowest BCUT2D eigenvalue weighted by atomic mass is 9.70. The molecule has 1 fully saturated rings. The summed E-state index contributed by atoms with van der Waals surface area (Å²) in [5.74, 6) is 1.84. The molecule has 27 heavy (non-hydrogen) atoms. The van der Waals surface area contributed by atoms with Gasteiger partial charge in [0.1, 0.15) is 17.4 Å². The van der Waals surface area contributed by atoms with Gasteiger partial charge in [-0.1, -0.05) is 29.4 Å². The molecule has 7 heteroatoms. The minimum absolute atomic E-state index is 0.0589. The van der Waals surface area contributed by atoms with E-state index in [-0.39, 0.29) is 18.1 Å². The summed E-state index contributed by atoms with van der Waals surface area (Å²) in [4.78, 5) is 9.18. The number of nitrogens with two attached hydrogens (primary N) is 1. The second-order valence-corrected chi connectivity index (χ2v) is 8.74. The number of hydrogen-bond acceptors (Lipinski definition) is 6. The molecule has 0 saturated carbocycles. The summed E-state index contributed by atoms with van der Waals surface area (Å²) in [6, 6.07) is 8.17. The number of amidine groups is 1. The molecule has 1 aromatic heterocycles. The maximum atomic E-state index is 6.40. The van der Waals surface area contributed by atoms with Gasteiger partial charge in [0.25, 0.3) is 0 Å². The number of benzene rings is 1. The lowest BCUT2D eigenvalue weighted by molar-refractivity contribution is -0.108. The van der Waals surface area contributed by atoms with Crippen molar-refractivity contribution in [1.29, 1.82) is 0 Å². The van der Waals surface area contributed by atoms with E-state index in [2.05, 4.69) is 24.0 Å². The number of halogens is 1. The maximum Gasteiger partial charge on any atom is 0.154 e. The third-order valence-electron chi connectivity index (χ3n) is 5.75. The summed E-state index contributed by atoms with van der Waals surface area (Å²) < 4.78 is 12.4. The fourth-order valence-corrected chi connectivity index (χ4v) is 5.78. The van der Waals surface area contributed by atoms with Gasteiger partial charge in [-0.2, -0.15) is 0 Å². The molecule has 0 radical (unpaired) electrons. The van der Waals surface area contributed by atoms with Gasteiger partial charge in [-0.25, -0.2) is 4.99 Å². The van der Waals surface area contributed by atoms with E-state index in [0.717, 1.165) is 34.6 Å². The summed E-state index contributed by atoms with van der Waals surface area (Å²) in [5, 5.41) is 1.25. The molecular formula is C20H20ClN3O2S. The van der Waals surface area contributed by atoms with Crippen LogP contribution in [0.1, 0.15) is 18.9 Å². The van der Waals surface area contributed by atoms with E-state index in [4.69, 9.17) is 31.8 Å². The van der Waals surface area contributed by atoms with Gasteiger partial charge < -0.3 is 15.2 Å². The third kappa shape index (κ3) is 2.73. The van der Waals surface area contributed by atoms with Crippen molar-refractivity contribution in [1.82, 2.24) is 4.98 Å². The third-order valence-corrected chi connectivity index (χ3v) is 6.93. The molecule has 1 unspecified atom stereocenters. The van der Waals surface area contributed by atoms with Crippen LogP contribution in [0.4, 0.5) is 0 Å².